The predicted octanol–water partition coefficient (Wildman–Crippen LogP) is 2.50. The number of hydrogen-bond donors (Lipinski definition) is 1. The molecule has 1 atom stereocenters. The molecule has 2 rings (SSSR count). The fourth-order valence-corrected chi connectivity index (χ4v) is 2.37. The number of nitrogens with zero attached hydrogens (tertiary/aromatic N) is 2. The average molecular weight is 298 g/mol. The first kappa shape index (κ1) is 15.3. The maximum absolute atomic E-state index is 12.8. The summed E-state index contributed by atoms with van der Waals surface area (Å²) in [7, 11) is 0. The van der Waals surface area contributed by atoms with Crippen LogP contribution in [0.25, 0.3) is 0 Å². The van der Waals surface area contributed by atoms with Gasteiger partial charge in [-0.3, -0.25) is 4.79 Å². The van der Waals surface area contributed by atoms with E-state index >= 15 is 0 Å². The van der Waals surface area contributed by atoms with Gasteiger partial charge in [0, 0.05) is 11.1 Å². The van der Waals surface area contributed by atoms with Crippen LogP contribution in [0.5, 0.6) is 0 Å². The third-order valence-electron chi connectivity index (χ3n) is 3.54. The molecule has 1 aliphatic heterocycles. The van der Waals surface area contributed by atoms with Crippen LogP contribution in [0.3, 0.4) is 0 Å². The topological polar surface area (TPSA) is 64.3 Å². The van der Waals surface area contributed by atoms with Crippen molar-refractivity contribution < 1.29 is 23.1 Å². The molecule has 0 bridgehead atoms. The van der Waals surface area contributed by atoms with Crippen LogP contribution in [-0.4, -0.2) is 28.1 Å². The number of carbonyl (C=O) groups excluding carboxylic acids is 1. The molecule has 1 aliphatic rings. The lowest BCUT2D eigenvalue weighted by molar-refractivity contribution is -0.137. The van der Waals surface area contributed by atoms with Gasteiger partial charge in [-0.1, -0.05) is 0 Å². The first-order valence-electron chi connectivity index (χ1n) is 6.19. The molecule has 0 spiro atoms. The summed E-state index contributed by atoms with van der Waals surface area (Å²) in [5, 5.41) is 18.6. The van der Waals surface area contributed by atoms with Crippen molar-refractivity contribution in [3.05, 3.63) is 34.9 Å². The minimum absolute atomic E-state index is 0.0267. The smallest absolute Gasteiger partial charge is 0.394 e. The summed E-state index contributed by atoms with van der Waals surface area (Å²) in [5.41, 5.74) is -1.86. The highest BCUT2D eigenvalue weighted by molar-refractivity contribution is 6.00. The Hall–Kier alpha value is -2.07. The molecule has 1 amide bonds. The molecule has 4 nitrogen and oxygen atoms in total. The molecular weight excluding hydrogens is 285 g/mol. The van der Waals surface area contributed by atoms with E-state index < -0.39 is 35.8 Å². The monoisotopic (exact) mass is 298 g/mol. The van der Waals surface area contributed by atoms with Crippen molar-refractivity contribution in [3.8, 4) is 6.07 Å². The minimum atomic E-state index is -4.54. The van der Waals surface area contributed by atoms with E-state index in [2.05, 4.69) is 0 Å². The number of aliphatic hydroxyl groups excluding tert-OH is 1. The molecule has 0 saturated heterocycles. The van der Waals surface area contributed by atoms with Gasteiger partial charge in [-0.15, -0.1) is 0 Å². The van der Waals surface area contributed by atoms with Crippen LogP contribution in [0.4, 0.5) is 13.2 Å². The normalized spacial score (nSPS) is 18.6. The van der Waals surface area contributed by atoms with E-state index in [1.54, 1.807) is 13.8 Å². The van der Waals surface area contributed by atoms with Crippen LogP contribution >= 0.6 is 0 Å². The number of hydrogen-bond acceptors (Lipinski definition) is 3. The summed E-state index contributed by atoms with van der Waals surface area (Å²) >= 11 is 0. The second-order valence-electron chi connectivity index (χ2n) is 5.48. The molecule has 0 saturated carbocycles. The number of alkyl halides is 3. The summed E-state index contributed by atoms with van der Waals surface area (Å²) in [4.78, 5) is 13.4. The van der Waals surface area contributed by atoms with E-state index in [0.717, 1.165) is 23.1 Å². The molecule has 0 fully saturated rings. The van der Waals surface area contributed by atoms with Crippen molar-refractivity contribution in [2.45, 2.75) is 31.6 Å². The zero-order valence-electron chi connectivity index (χ0n) is 11.4. The van der Waals surface area contributed by atoms with Gasteiger partial charge in [-0.25, -0.2) is 0 Å². The molecule has 7 heteroatoms. The maximum atomic E-state index is 12.8. The summed E-state index contributed by atoms with van der Waals surface area (Å²) in [6.45, 7) is 2.69. The predicted molar refractivity (Wildman–Crippen MR) is 67.1 cm³/mol. The first-order valence-corrected chi connectivity index (χ1v) is 6.19. The molecule has 21 heavy (non-hydrogen) atoms. The number of aliphatic hydroxyl groups is 1. The third-order valence-corrected chi connectivity index (χ3v) is 3.54. The fraction of sp³-hybridized carbons (Fsp3) is 0.429. The highest BCUT2D eigenvalue weighted by atomic mass is 19.4. The number of amides is 1. The van der Waals surface area contributed by atoms with Gasteiger partial charge in [0.1, 0.15) is 6.04 Å². The quantitative estimate of drug-likeness (QED) is 0.912. The van der Waals surface area contributed by atoms with E-state index in [9.17, 15) is 28.3 Å². The fourth-order valence-electron chi connectivity index (χ4n) is 2.37. The Morgan fingerprint density at radius 2 is 2.00 bits per heavy atom. The second-order valence-corrected chi connectivity index (χ2v) is 5.48. The van der Waals surface area contributed by atoms with E-state index in [4.69, 9.17) is 0 Å². The van der Waals surface area contributed by atoms with Gasteiger partial charge in [-0.05, 0) is 32.0 Å². The number of carbonyl (C=O) groups is 1. The Balaban J connectivity index is 2.58. The number of halogens is 3. The Morgan fingerprint density at radius 1 is 1.38 bits per heavy atom. The molecule has 1 aromatic carbocycles. The summed E-state index contributed by atoms with van der Waals surface area (Å²) in [5.74, 6) is -0.552. The third kappa shape index (κ3) is 2.36. The largest absolute Gasteiger partial charge is 0.416 e. The average Bonchev–Trinajstić information content (AvgIpc) is 2.70. The summed E-state index contributed by atoms with van der Waals surface area (Å²) in [6, 6.07) is 3.43. The SMILES string of the molecule is CC(C)(CO)N1C(=O)c2ccc(C(F)(F)F)cc2C1C#N. The zero-order valence-corrected chi connectivity index (χ0v) is 11.4. The van der Waals surface area contributed by atoms with E-state index in [-0.39, 0.29) is 11.1 Å². The lowest BCUT2D eigenvalue weighted by atomic mass is 10.00. The molecule has 1 N–H and O–H groups in total. The first-order chi connectivity index (χ1) is 9.63. The van der Waals surface area contributed by atoms with Gasteiger partial charge >= 0.3 is 6.18 Å². The number of fused-ring (bicyclic) bond motifs is 1. The van der Waals surface area contributed by atoms with Crippen LogP contribution in [0.15, 0.2) is 18.2 Å². The van der Waals surface area contributed by atoms with Crippen molar-refractivity contribution in [1.82, 2.24) is 4.90 Å². The molecule has 0 radical (unpaired) electrons. The Morgan fingerprint density at radius 3 is 2.48 bits per heavy atom. The summed E-state index contributed by atoms with van der Waals surface area (Å²) in [6.07, 6.45) is -4.54. The Kier molecular flexibility index (Phi) is 3.46. The molecule has 0 aromatic heterocycles. The van der Waals surface area contributed by atoms with E-state index in [0.29, 0.717) is 0 Å². The van der Waals surface area contributed by atoms with Crippen LogP contribution in [0.2, 0.25) is 0 Å². The van der Waals surface area contributed by atoms with Gasteiger partial charge in [-0.2, -0.15) is 18.4 Å². The highest BCUT2D eigenvalue weighted by Crippen LogP contribution is 2.41. The number of nitriles is 1. The molecule has 1 unspecified atom stereocenters. The van der Waals surface area contributed by atoms with Crippen molar-refractivity contribution in [2.24, 2.45) is 0 Å². The molecule has 1 heterocycles. The van der Waals surface area contributed by atoms with Crippen LogP contribution < -0.4 is 0 Å². The number of benzene rings is 1. The lowest BCUT2D eigenvalue weighted by Gasteiger charge is -2.36. The van der Waals surface area contributed by atoms with Crippen LogP contribution in [-0.2, 0) is 6.18 Å². The van der Waals surface area contributed by atoms with Gasteiger partial charge in [0.05, 0.1) is 23.8 Å². The van der Waals surface area contributed by atoms with Crippen LogP contribution in [0, 0.1) is 11.3 Å². The van der Waals surface area contributed by atoms with Gasteiger partial charge in [0.2, 0.25) is 0 Å². The molecular formula is C14H13F3N2O2. The zero-order chi connectivity index (χ0) is 16.0. The number of rotatable bonds is 2. The van der Waals surface area contributed by atoms with E-state index in [1.165, 1.54) is 0 Å². The van der Waals surface area contributed by atoms with Gasteiger partial charge in [0.25, 0.3) is 5.91 Å². The molecule has 112 valence electrons. The lowest BCUT2D eigenvalue weighted by Crippen LogP contribution is -2.48. The molecule has 0 aliphatic carbocycles. The second kappa shape index (κ2) is 4.74. The van der Waals surface area contributed by atoms with Gasteiger partial charge in [0.15, 0.2) is 0 Å². The maximum Gasteiger partial charge on any atom is 0.416 e. The van der Waals surface area contributed by atoms with Gasteiger partial charge < -0.3 is 10.0 Å². The highest BCUT2D eigenvalue weighted by Gasteiger charge is 2.45. The van der Waals surface area contributed by atoms with Crippen molar-refractivity contribution >= 4 is 5.91 Å². The van der Waals surface area contributed by atoms with Crippen molar-refractivity contribution in [2.75, 3.05) is 6.61 Å². The summed E-state index contributed by atoms with van der Waals surface area (Å²) < 4.78 is 38.3. The Labute approximate surface area is 119 Å². The molecule has 1 aromatic rings. The minimum Gasteiger partial charge on any atom is -0.394 e. The van der Waals surface area contributed by atoms with Crippen molar-refractivity contribution in [1.29, 1.82) is 5.26 Å². The van der Waals surface area contributed by atoms with Crippen molar-refractivity contribution in [3.63, 3.8) is 0 Å². The standard InChI is InChI=1S/C14H13F3N2O2/c1-13(2,7-20)19-11(6-18)10-5-8(14(15,16)17)3-4-9(10)12(19)21/h3-5,11,20H,7H2,1-2H3. The van der Waals surface area contributed by atoms with E-state index in [1.807, 2.05) is 6.07 Å². The Bertz CT molecular complexity index is 632. The van der Waals surface area contributed by atoms with Crippen LogP contribution in [0.1, 0.15) is 41.4 Å².